The predicted molar refractivity (Wildman–Crippen MR) is 81.9 cm³/mol. The lowest BCUT2D eigenvalue weighted by Gasteiger charge is -2.02. The molecule has 0 saturated heterocycles. The van der Waals surface area contributed by atoms with Gasteiger partial charge in [0.05, 0.1) is 5.69 Å². The Morgan fingerprint density at radius 1 is 1.55 bits per heavy atom. The molecule has 1 saturated carbocycles. The van der Waals surface area contributed by atoms with E-state index in [4.69, 9.17) is 5.73 Å². The zero-order chi connectivity index (χ0) is 14.7. The van der Waals surface area contributed by atoms with Crippen molar-refractivity contribution in [1.29, 1.82) is 5.26 Å². The maximum atomic E-state index is 11.9. The molecule has 2 rings (SSSR count). The zero-order valence-corrected chi connectivity index (χ0v) is 12.6. The SMILES string of the molecule is CCCC1CC1Nc1sc(C(=O)NCC)c(N)c1C#N. The van der Waals surface area contributed by atoms with Crippen LogP contribution in [0.1, 0.15) is 48.3 Å². The number of hydrogen-bond donors (Lipinski definition) is 3. The first-order valence-electron chi connectivity index (χ1n) is 6.99. The molecule has 1 aliphatic rings. The van der Waals surface area contributed by atoms with E-state index in [1.165, 1.54) is 24.2 Å². The molecule has 0 spiro atoms. The molecule has 0 aromatic carbocycles. The van der Waals surface area contributed by atoms with Crippen molar-refractivity contribution in [2.24, 2.45) is 5.92 Å². The van der Waals surface area contributed by atoms with Crippen molar-refractivity contribution < 1.29 is 4.79 Å². The first-order valence-corrected chi connectivity index (χ1v) is 7.81. The van der Waals surface area contributed by atoms with Crippen molar-refractivity contribution in [3.8, 4) is 6.07 Å². The molecular weight excluding hydrogens is 272 g/mol. The molecule has 1 aromatic rings. The molecule has 5 nitrogen and oxygen atoms in total. The predicted octanol–water partition coefficient (Wildman–Crippen LogP) is 2.55. The van der Waals surface area contributed by atoms with Crippen molar-refractivity contribution in [2.75, 3.05) is 17.6 Å². The Labute approximate surface area is 123 Å². The van der Waals surface area contributed by atoms with Gasteiger partial charge in [-0.2, -0.15) is 5.26 Å². The van der Waals surface area contributed by atoms with E-state index in [9.17, 15) is 10.1 Å². The second kappa shape index (κ2) is 6.14. The van der Waals surface area contributed by atoms with Crippen LogP contribution >= 0.6 is 11.3 Å². The average molecular weight is 292 g/mol. The number of nitrogens with zero attached hydrogens (tertiary/aromatic N) is 1. The Bertz CT molecular complexity index is 546. The number of nitrogens with two attached hydrogens (primary N) is 1. The lowest BCUT2D eigenvalue weighted by atomic mass is 10.2. The highest BCUT2D eigenvalue weighted by atomic mass is 32.1. The van der Waals surface area contributed by atoms with Gasteiger partial charge in [0.25, 0.3) is 5.91 Å². The van der Waals surface area contributed by atoms with Gasteiger partial charge in [0.2, 0.25) is 0 Å². The second-order valence-corrected chi connectivity index (χ2v) is 6.08. The highest BCUT2D eigenvalue weighted by Crippen LogP contribution is 2.42. The number of nitrogen functional groups attached to an aromatic ring is 1. The standard InChI is InChI=1S/C14H20N4OS/c1-3-5-8-6-10(8)18-14-9(7-15)11(16)12(20-14)13(19)17-4-2/h8,10,18H,3-6,16H2,1-2H3,(H,17,19). The molecule has 1 amide bonds. The first kappa shape index (κ1) is 14.7. The van der Waals surface area contributed by atoms with Crippen molar-refractivity contribution in [3.05, 3.63) is 10.4 Å². The van der Waals surface area contributed by atoms with Crippen LogP contribution in [-0.4, -0.2) is 18.5 Å². The Balaban J connectivity index is 2.15. The van der Waals surface area contributed by atoms with E-state index in [1.54, 1.807) is 0 Å². The molecule has 1 aromatic heterocycles. The van der Waals surface area contributed by atoms with Gasteiger partial charge in [0.1, 0.15) is 21.5 Å². The molecule has 0 bridgehead atoms. The summed E-state index contributed by atoms with van der Waals surface area (Å²) in [4.78, 5) is 12.3. The van der Waals surface area contributed by atoms with Crippen LogP contribution in [-0.2, 0) is 0 Å². The van der Waals surface area contributed by atoms with E-state index >= 15 is 0 Å². The summed E-state index contributed by atoms with van der Waals surface area (Å²) in [7, 11) is 0. The highest BCUT2D eigenvalue weighted by Gasteiger charge is 2.37. The molecule has 1 aliphatic carbocycles. The van der Waals surface area contributed by atoms with Gasteiger partial charge in [-0.05, 0) is 25.7 Å². The fourth-order valence-electron chi connectivity index (χ4n) is 2.35. The van der Waals surface area contributed by atoms with E-state index < -0.39 is 0 Å². The molecule has 2 atom stereocenters. The van der Waals surface area contributed by atoms with Gasteiger partial charge in [-0.1, -0.05) is 13.3 Å². The summed E-state index contributed by atoms with van der Waals surface area (Å²) in [6, 6.07) is 2.52. The molecular formula is C14H20N4OS. The largest absolute Gasteiger partial charge is 0.396 e. The van der Waals surface area contributed by atoms with Crippen LogP contribution in [0.2, 0.25) is 0 Å². The van der Waals surface area contributed by atoms with Crippen LogP contribution in [0.5, 0.6) is 0 Å². The third-order valence-corrected chi connectivity index (χ3v) is 4.63. The summed E-state index contributed by atoms with van der Waals surface area (Å²) in [5.74, 6) is 0.475. The number of carbonyl (C=O) groups excluding carboxylic acids is 1. The molecule has 1 heterocycles. The summed E-state index contributed by atoms with van der Waals surface area (Å²) in [5.41, 5.74) is 6.61. The smallest absolute Gasteiger partial charge is 0.263 e. The van der Waals surface area contributed by atoms with Gasteiger partial charge in [0, 0.05) is 12.6 Å². The summed E-state index contributed by atoms with van der Waals surface area (Å²) in [6.07, 6.45) is 3.50. The van der Waals surface area contributed by atoms with Crippen molar-refractivity contribution >= 4 is 27.9 Å². The molecule has 20 heavy (non-hydrogen) atoms. The Hall–Kier alpha value is -1.74. The normalized spacial score (nSPS) is 20.2. The minimum Gasteiger partial charge on any atom is -0.396 e. The van der Waals surface area contributed by atoms with Gasteiger partial charge >= 0.3 is 0 Å². The van der Waals surface area contributed by atoms with Crippen LogP contribution < -0.4 is 16.4 Å². The molecule has 0 radical (unpaired) electrons. The van der Waals surface area contributed by atoms with Crippen LogP contribution in [0.3, 0.4) is 0 Å². The molecule has 6 heteroatoms. The lowest BCUT2D eigenvalue weighted by Crippen LogP contribution is -2.22. The molecule has 1 fully saturated rings. The number of nitrogens with one attached hydrogen (secondary N) is 2. The lowest BCUT2D eigenvalue weighted by molar-refractivity contribution is 0.0960. The van der Waals surface area contributed by atoms with Crippen molar-refractivity contribution in [3.63, 3.8) is 0 Å². The second-order valence-electron chi connectivity index (χ2n) is 5.06. The third-order valence-electron chi connectivity index (χ3n) is 3.50. The van der Waals surface area contributed by atoms with Crippen LogP contribution in [0.15, 0.2) is 0 Å². The average Bonchev–Trinajstić information content (AvgIpc) is 3.05. The van der Waals surface area contributed by atoms with Crippen LogP contribution in [0.25, 0.3) is 0 Å². The van der Waals surface area contributed by atoms with Crippen molar-refractivity contribution in [1.82, 2.24) is 5.32 Å². The maximum Gasteiger partial charge on any atom is 0.263 e. The Morgan fingerprint density at radius 3 is 2.90 bits per heavy atom. The number of hydrogen-bond acceptors (Lipinski definition) is 5. The topological polar surface area (TPSA) is 90.9 Å². The third kappa shape index (κ3) is 2.88. The molecule has 0 aliphatic heterocycles. The van der Waals surface area contributed by atoms with Gasteiger partial charge in [-0.3, -0.25) is 4.79 Å². The van der Waals surface area contributed by atoms with E-state index in [1.807, 2.05) is 6.92 Å². The summed E-state index contributed by atoms with van der Waals surface area (Å²) in [6.45, 7) is 4.57. The molecule has 4 N–H and O–H groups in total. The van der Waals surface area contributed by atoms with Gasteiger partial charge < -0.3 is 16.4 Å². The molecule has 108 valence electrons. The highest BCUT2D eigenvalue weighted by molar-refractivity contribution is 7.19. The first-order chi connectivity index (χ1) is 9.62. The number of rotatable bonds is 6. The summed E-state index contributed by atoms with van der Waals surface area (Å²) < 4.78 is 0. The Morgan fingerprint density at radius 2 is 2.30 bits per heavy atom. The zero-order valence-electron chi connectivity index (χ0n) is 11.8. The van der Waals surface area contributed by atoms with E-state index in [0.29, 0.717) is 34.6 Å². The number of nitriles is 1. The summed E-state index contributed by atoms with van der Waals surface area (Å²) >= 11 is 1.28. The van der Waals surface area contributed by atoms with Gasteiger partial charge in [0.15, 0.2) is 0 Å². The van der Waals surface area contributed by atoms with Crippen LogP contribution in [0.4, 0.5) is 10.7 Å². The Kier molecular flexibility index (Phi) is 4.50. The van der Waals surface area contributed by atoms with E-state index in [0.717, 1.165) is 11.4 Å². The maximum absolute atomic E-state index is 11.9. The number of carbonyl (C=O) groups is 1. The summed E-state index contributed by atoms with van der Waals surface area (Å²) in [5, 5.41) is 16.0. The van der Waals surface area contributed by atoms with Gasteiger partial charge in [-0.15, -0.1) is 11.3 Å². The minimum atomic E-state index is -0.208. The van der Waals surface area contributed by atoms with Crippen LogP contribution in [0, 0.1) is 17.2 Å². The van der Waals surface area contributed by atoms with E-state index in [2.05, 4.69) is 23.6 Å². The minimum absolute atomic E-state index is 0.208. The monoisotopic (exact) mass is 292 g/mol. The van der Waals surface area contributed by atoms with Crippen molar-refractivity contribution in [2.45, 2.75) is 39.2 Å². The quantitative estimate of drug-likeness (QED) is 0.751. The fourth-order valence-corrected chi connectivity index (χ4v) is 3.40. The number of amides is 1. The van der Waals surface area contributed by atoms with E-state index in [-0.39, 0.29) is 5.91 Å². The fraction of sp³-hybridized carbons (Fsp3) is 0.571. The number of thiophene rings is 1. The number of anilines is 2. The van der Waals surface area contributed by atoms with Gasteiger partial charge in [-0.25, -0.2) is 0 Å². The molecule has 2 unspecified atom stereocenters.